The van der Waals surface area contributed by atoms with Gasteiger partial charge in [-0.25, -0.2) is 0 Å². The fourth-order valence-electron chi connectivity index (χ4n) is 1.45. The van der Waals surface area contributed by atoms with Gasteiger partial charge in [0.25, 0.3) is 0 Å². The Morgan fingerprint density at radius 3 is 2.88 bits per heavy atom. The van der Waals surface area contributed by atoms with E-state index in [1.807, 2.05) is 11.8 Å². The maximum absolute atomic E-state index is 5.38. The third kappa shape index (κ3) is 6.29. The first-order valence-electron chi connectivity index (χ1n) is 6.24. The van der Waals surface area contributed by atoms with Crippen molar-refractivity contribution in [1.29, 1.82) is 0 Å². The Morgan fingerprint density at radius 2 is 2.24 bits per heavy atom. The molecule has 100 valence electrons. The van der Waals surface area contributed by atoms with E-state index in [1.165, 1.54) is 0 Å². The number of hydrogen-bond donors (Lipinski definition) is 1. The summed E-state index contributed by atoms with van der Waals surface area (Å²) in [7, 11) is 1.68. The van der Waals surface area contributed by atoms with Gasteiger partial charge in [-0.1, -0.05) is 25.6 Å². The minimum Gasteiger partial charge on any atom is -0.382 e. The lowest BCUT2D eigenvalue weighted by atomic mass is 10.1. The summed E-state index contributed by atoms with van der Waals surface area (Å²) in [4.78, 5) is 4.53. The molecule has 1 aliphatic rings. The van der Waals surface area contributed by atoms with E-state index in [4.69, 9.17) is 9.47 Å². The Kier molecular flexibility index (Phi) is 7.64. The van der Waals surface area contributed by atoms with Crippen molar-refractivity contribution < 1.29 is 9.47 Å². The number of rotatable bonds is 8. The smallest absolute Gasteiger partial charge is 0.156 e. The molecule has 1 saturated heterocycles. The number of nitrogens with one attached hydrogen (secondary N) is 1. The summed E-state index contributed by atoms with van der Waals surface area (Å²) >= 11 is 1.83. The summed E-state index contributed by atoms with van der Waals surface area (Å²) in [5, 5.41) is 4.55. The monoisotopic (exact) mass is 260 g/mol. The highest BCUT2D eigenvalue weighted by Crippen LogP contribution is 2.18. The third-order valence-corrected chi connectivity index (χ3v) is 3.69. The highest BCUT2D eigenvalue weighted by molar-refractivity contribution is 8.14. The number of thioether (sulfide) groups is 1. The maximum Gasteiger partial charge on any atom is 0.156 e. The van der Waals surface area contributed by atoms with Crippen LogP contribution >= 0.6 is 11.8 Å². The number of aliphatic imine (C=N–C) groups is 1. The van der Waals surface area contributed by atoms with Gasteiger partial charge < -0.3 is 14.8 Å². The normalized spacial score (nSPS) is 22.4. The largest absolute Gasteiger partial charge is 0.382 e. The molecule has 4 nitrogen and oxygen atoms in total. The van der Waals surface area contributed by atoms with Crippen LogP contribution in [0.25, 0.3) is 0 Å². The number of hydrogen-bond acceptors (Lipinski definition) is 4. The highest BCUT2D eigenvalue weighted by Gasteiger charge is 2.22. The zero-order valence-electron chi connectivity index (χ0n) is 11.1. The van der Waals surface area contributed by atoms with Crippen LogP contribution in [0.15, 0.2) is 4.99 Å². The van der Waals surface area contributed by atoms with Crippen molar-refractivity contribution >= 4 is 16.9 Å². The molecule has 0 bridgehead atoms. The van der Waals surface area contributed by atoms with Crippen molar-refractivity contribution in [2.24, 2.45) is 10.9 Å². The second-order valence-electron chi connectivity index (χ2n) is 4.45. The van der Waals surface area contributed by atoms with E-state index in [-0.39, 0.29) is 0 Å². The fraction of sp³-hybridized carbons (Fsp3) is 0.917. The molecule has 0 spiro atoms. The standard InChI is InChI=1S/C12H24N2O2S/c1-10(2)11-9-17-12(14-11)13-5-4-6-16-8-7-15-3/h10-11H,4-9H2,1-3H3,(H,13,14). The second-order valence-corrected chi connectivity index (χ2v) is 5.46. The molecule has 0 aliphatic carbocycles. The molecule has 1 rings (SSSR count). The van der Waals surface area contributed by atoms with E-state index in [0.29, 0.717) is 25.2 Å². The molecule has 17 heavy (non-hydrogen) atoms. The van der Waals surface area contributed by atoms with E-state index in [1.54, 1.807) is 7.11 Å². The van der Waals surface area contributed by atoms with Gasteiger partial charge in [0.1, 0.15) is 0 Å². The maximum atomic E-state index is 5.38. The third-order valence-electron chi connectivity index (χ3n) is 2.65. The van der Waals surface area contributed by atoms with Gasteiger partial charge in [0, 0.05) is 32.1 Å². The van der Waals surface area contributed by atoms with Gasteiger partial charge in [-0.05, 0) is 12.3 Å². The summed E-state index contributed by atoms with van der Waals surface area (Å²) in [5.41, 5.74) is 0. The van der Waals surface area contributed by atoms with E-state index >= 15 is 0 Å². The predicted octanol–water partition coefficient (Wildman–Crippen LogP) is 1.76. The Hall–Kier alpha value is -0.260. The summed E-state index contributed by atoms with van der Waals surface area (Å²) < 4.78 is 10.3. The molecular weight excluding hydrogens is 236 g/mol. The van der Waals surface area contributed by atoms with Crippen LogP contribution in [0.1, 0.15) is 20.3 Å². The average Bonchev–Trinajstić information content (AvgIpc) is 2.77. The van der Waals surface area contributed by atoms with Crippen LogP contribution in [0.5, 0.6) is 0 Å². The van der Waals surface area contributed by atoms with Crippen molar-refractivity contribution in [1.82, 2.24) is 5.32 Å². The van der Waals surface area contributed by atoms with Crippen molar-refractivity contribution in [3.05, 3.63) is 0 Å². The zero-order valence-corrected chi connectivity index (χ0v) is 11.9. The summed E-state index contributed by atoms with van der Waals surface area (Å²) in [5.74, 6) is 1.81. The summed E-state index contributed by atoms with van der Waals surface area (Å²) in [6.07, 6.45) is 0.974. The molecule has 0 saturated carbocycles. The quantitative estimate of drug-likeness (QED) is 0.675. The van der Waals surface area contributed by atoms with Crippen LogP contribution in [0.3, 0.4) is 0 Å². The summed E-state index contributed by atoms with van der Waals surface area (Å²) in [6.45, 7) is 7.43. The lowest BCUT2D eigenvalue weighted by Crippen LogP contribution is -2.31. The number of methoxy groups -OCH3 is 1. The van der Waals surface area contributed by atoms with Crippen LogP contribution in [-0.4, -0.2) is 50.4 Å². The van der Waals surface area contributed by atoms with Crippen molar-refractivity contribution in [2.45, 2.75) is 26.3 Å². The van der Waals surface area contributed by atoms with Gasteiger partial charge in [0.2, 0.25) is 0 Å². The number of nitrogens with zero attached hydrogens (tertiary/aromatic N) is 1. The molecule has 1 unspecified atom stereocenters. The molecule has 1 aliphatic heterocycles. The lowest BCUT2D eigenvalue weighted by Gasteiger charge is -2.13. The topological polar surface area (TPSA) is 42.9 Å². The van der Waals surface area contributed by atoms with Gasteiger partial charge in [0.05, 0.1) is 13.2 Å². The van der Waals surface area contributed by atoms with Gasteiger partial charge in [-0.2, -0.15) is 0 Å². The van der Waals surface area contributed by atoms with E-state index in [2.05, 4.69) is 24.2 Å². The average molecular weight is 260 g/mol. The van der Waals surface area contributed by atoms with Gasteiger partial charge in [-0.15, -0.1) is 0 Å². The number of ether oxygens (including phenoxy) is 2. The molecule has 0 aromatic heterocycles. The fourth-order valence-corrected chi connectivity index (χ4v) is 2.68. The first-order chi connectivity index (χ1) is 8.24. The van der Waals surface area contributed by atoms with Gasteiger partial charge >= 0.3 is 0 Å². The molecule has 0 aromatic rings. The van der Waals surface area contributed by atoms with Crippen molar-refractivity contribution in [3.8, 4) is 0 Å². The van der Waals surface area contributed by atoms with Crippen LogP contribution in [0.2, 0.25) is 0 Å². The van der Waals surface area contributed by atoms with Crippen LogP contribution in [0, 0.1) is 5.92 Å². The van der Waals surface area contributed by atoms with Crippen LogP contribution in [-0.2, 0) is 9.47 Å². The SMILES string of the molecule is COCCOCCCN=C1NC(C(C)C)CS1. The van der Waals surface area contributed by atoms with Crippen molar-refractivity contribution in [3.63, 3.8) is 0 Å². The minimum absolute atomic E-state index is 0.580. The minimum atomic E-state index is 0.580. The summed E-state index contributed by atoms with van der Waals surface area (Å²) in [6, 6.07) is 0.580. The van der Waals surface area contributed by atoms with Gasteiger partial charge in [0.15, 0.2) is 5.17 Å². The molecule has 1 fully saturated rings. The van der Waals surface area contributed by atoms with Crippen molar-refractivity contribution in [2.75, 3.05) is 39.2 Å². The molecule has 1 atom stereocenters. The predicted molar refractivity (Wildman–Crippen MR) is 73.8 cm³/mol. The van der Waals surface area contributed by atoms with Crippen LogP contribution in [0.4, 0.5) is 0 Å². The first kappa shape index (κ1) is 14.8. The molecular formula is C12H24N2O2S. The zero-order chi connectivity index (χ0) is 12.5. The van der Waals surface area contributed by atoms with Gasteiger partial charge in [-0.3, -0.25) is 4.99 Å². The molecule has 1 heterocycles. The van der Waals surface area contributed by atoms with E-state index < -0.39 is 0 Å². The first-order valence-corrected chi connectivity index (χ1v) is 7.23. The highest BCUT2D eigenvalue weighted by atomic mass is 32.2. The lowest BCUT2D eigenvalue weighted by molar-refractivity contribution is 0.0702. The Bertz CT molecular complexity index is 235. The van der Waals surface area contributed by atoms with E-state index in [9.17, 15) is 0 Å². The molecule has 0 amide bonds. The van der Waals surface area contributed by atoms with Crippen LogP contribution < -0.4 is 5.32 Å². The Balaban J connectivity index is 2.02. The van der Waals surface area contributed by atoms with E-state index in [0.717, 1.165) is 30.5 Å². The molecule has 0 radical (unpaired) electrons. The Morgan fingerprint density at radius 1 is 1.41 bits per heavy atom. The Labute approximate surface area is 109 Å². The molecule has 1 N–H and O–H groups in total. The second kappa shape index (κ2) is 8.78. The molecule has 0 aromatic carbocycles. The molecule has 5 heteroatoms. The number of amidine groups is 1.